The number of benzene rings is 4. The van der Waals surface area contributed by atoms with E-state index in [0.717, 1.165) is 35.4 Å². The molecule has 22 N–H and O–H groups in total. The third kappa shape index (κ3) is 25.0. The van der Waals surface area contributed by atoms with E-state index in [1.807, 2.05) is 0 Å². The predicted molar refractivity (Wildman–Crippen MR) is 370 cm³/mol. The average molecular weight is 1410 g/mol. The summed E-state index contributed by atoms with van der Waals surface area (Å²) in [4.78, 5) is 161. The molecule has 0 radical (unpaired) electrons. The molecule has 536 valence electrons. The minimum absolute atomic E-state index is 0.0279. The number of rotatable bonds is 20. The zero-order valence-corrected chi connectivity index (χ0v) is 56.5. The van der Waals surface area contributed by atoms with Crippen molar-refractivity contribution in [1.29, 1.82) is 0 Å². The first-order valence-electron chi connectivity index (χ1n) is 32.4. The van der Waals surface area contributed by atoms with Gasteiger partial charge in [0, 0.05) is 54.3 Å². The van der Waals surface area contributed by atoms with Gasteiger partial charge < -0.3 is 101 Å². The van der Waals surface area contributed by atoms with Crippen molar-refractivity contribution in [3.8, 4) is 5.75 Å². The molecule has 32 heteroatoms. The lowest BCUT2D eigenvalue weighted by atomic mass is 10.00. The number of nitrogens with one attached hydrogen (secondary N) is 11. The maximum Gasteiger partial charge on any atom is 0.327 e. The molecule has 0 unspecified atom stereocenters. The number of unbranched alkanes of at least 4 members (excludes halogenated alkanes) is 2. The fourth-order valence-electron chi connectivity index (χ4n) is 10.6. The van der Waals surface area contributed by atoms with Crippen molar-refractivity contribution in [2.75, 3.05) is 31.2 Å². The van der Waals surface area contributed by atoms with Crippen molar-refractivity contribution in [1.82, 2.24) is 58.2 Å². The third-order valence-electron chi connectivity index (χ3n) is 16.2. The van der Waals surface area contributed by atoms with Crippen LogP contribution in [-0.4, -0.2) is 205 Å². The molecule has 1 saturated heterocycles. The topological polar surface area (TPSA) is 503 Å². The molecule has 10 amide bonds. The first-order valence-corrected chi connectivity index (χ1v) is 34.9. The van der Waals surface area contributed by atoms with Crippen LogP contribution in [0.15, 0.2) is 115 Å². The number of aromatic hydroxyl groups is 1. The molecule has 0 saturated carbocycles. The number of aromatic amines is 1. The second-order valence-corrected chi connectivity index (χ2v) is 26.6. The van der Waals surface area contributed by atoms with Crippen LogP contribution >= 0.6 is 21.6 Å². The smallest absolute Gasteiger partial charge is 0.327 e. The minimum Gasteiger partial charge on any atom is -0.508 e. The highest BCUT2D eigenvalue weighted by Gasteiger charge is 2.39. The molecule has 1 aliphatic rings. The summed E-state index contributed by atoms with van der Waals surface area (Å²) in [6.07, 6.45) is -1.48. The molecule has 4 aromatic carbocycles. The van der Waals surface area contributed by atoms with Gasteiger partial charge >= 0.3 is 5.97 Å². The molecular weight excluding hydrogens is 1320 g/mol. The van der Waals surface area contributed by atoms with Crippen LogP contribution in [0.4, 0.5) is 0 Å². The largest absolute Gasteiger partial charge is 0.508 e. The number of aliphatic hydroxyl groups excluding tert-OH is 3. The summed E-state index contributed by atoms with van der Waals surface area (Å²) in [7, 11) is 1.81. The first-order chi connectivity index (χ1) is 47.4. The number of hydrogen-bond acceptors (Lipinski definition) is 20. The lowest BCUT2D eigenvalue weighted by molar-refractivity contribution is -0.142. The van der Waals surface area contributed by atoms with E-state index < -0.39 is 157 Å². The van der Waals surface area contributed by atoms with Crippen molar-refractivity contribution in [2.45, 2.75) is 157 Å². The molecule has 0 bridgehead atoms. The molecule has 5 aromatic rings. The molecule has 2 heterocycles. The molecule has 0 aliphatic carbocycles. The van der Waals surface area contributed by atoms with Crippen molar-refractivity contribution < 1.29 is 78.3 Å². The molecule has 1 aliphatic heterocycles. The lowest BCUT2D eigenvalue weighted by Crippen LogP contribution is -2.63. The second-order valence-electron chi connectivity index (χ2n) is 24.0. The van der Waals surface area contributed by atoms with Crippen LogP contribution in [0, 0.1) is 0 Å². The Morgan fingerprint density at radius 2 is 0.848 bits per heavy atom. The number of aliphatic hydroxyl groups is 3. The molecule has 13 atom stereocenters. The summed E-state index contributed by atoms with van der Waals surface area (Å²) in [6, 6.07) is 12.1. The van der Waals surface area contributed by atoms with E-state index in [1.165, 1.54) is 24.3 Å². The number of carboxylic acid groups (broad SMARTS) is 1. The number of carbonyl (C=O) groups excluding carboxylic acids is 10. The fraction of sp³-hybridized carbons (Fsp3) is 0.448. The summed E-state index contributed by atoms with van der Waals surface area (Å²) < 4.78 is 0. The number of fused-ring (bicyclic) bond motifs is 1. The van der Waals surface area contributed by atoms with Crippen LogP contribution < -0.4 is 70.4 Å². The molecule has 1 aromatic heterocycles. The Morgan fingerprint density at radius 1 is 0.465 bits per heavy atom. The van der Waals surface area contributed by atoms with Crippen molar-refractivity contribution in [3.05, 3.63) is 138 Å². The normalized spacial score (nSPS) is 24.5. The van der Waals surface area contributed by atoms with E-state index in [-0.39, 0.29) is 68.9 Å². The SMILES string of the molecule is C[C@@H](O)[C@@H]1NC(=O)[C@H](Cc2ccc(O)cc2)NC(=O)[C@@H]([C@@H](C)O)NC(=O)[C@H](CCCCN)NC(=O)[C@@H](Cc2c[nH]c3ccccc23)NC(=O)[C@H](Cc2ccccc2)NC(=O)[C@H](Cc2ccccc2)NC(=O)[C@H](CCCCN)NC(=O)[C@@H](N)CSSC[C@@H](C(=O)O)NC(=O)[C@H](CO)NC1=O. The molecule has 99 heavy (non-hydrogen) atoms. The van der Waals surface area contributed by atoms with E-state index in [9.17, 15) is 63.9 Å². The maximum absolute atomic E-state index is 15.2. The van der Waals surface area contributed by atoms with Gasteiger partial charge in [-0.25, -0.2) is 4.79 Å². The highest BCUT2D eigenvalue weighted by atomic mass is 33.1. The van der Waals surface area contributed by atoms with E-state index >= 15 is 14.4 Å². The Labute approximate surface area is 579 Å². The number of carbonyl (C=O) groups is 11. The molecule has 0 spiro atoms. The van der Waals surface area contributed by atoms with Crippen molar-refractivity contribution in [2.24, 2.45) is 17.2 Å². The molecule has 6 rings (SSSR count). The van der Waals surface area contributed by atoms with Gasteiger partial charge in [0.25, 0.3) is 0 Å². The molecule has 1 fully saturated rings. The van der Waals surface area contributed by atoms with Crippen LogP contribution in [0.3, 0.4) is 0 Å². The van der Waals surface area contributed by atoms with Gasteiger partial charge in [-0.05, 0) is 106 Å². The first kappa shape index (κ1) is 78.8. The number of aromatic nitrogens is 1. The summed E-state index contributed by atoms with van der Waals surface area (Å²) in [5.74, 6) is -12.3. The van der Waals surface area contributed by atoms with Gasteiger partial charge in [0.05, 0.1) is 24.9 Å². The van der Waals surface area contributed by atoms with Crippen LogP contribution in [0.1, 0.15) is 74.6 Å². The number of carboxylic acids is 1. The second kappa shape index (κ2) is 40.0. The maximum atomic E-state index is 15.2. The minimum atomic E-state index is -1.94. The predicted octanol–water partition coefficient (Wildman–Crippen LogP) is -2.19. The van der Waals surface area contributed by atoms with Gasteiger partial charge in [-0.3, -0.25) is 47.9 Å². The highest BCUT2D eigenvalue weighted by molar-refractivity contribution is 8.76. The van der Waals surface area contributed by atoms with Gasteiger partial charge in [-0.15, -0.1) is 0 Å². The number of phenolic OH excluding ortho intramolecular Hbond substituents is 1. The van der Waals surface area contributed by atoms with E-state index in [2.05, 4.69) is 58.2 Å². The van der Waals surface area contributed by atoms with Gasteiger partial charge in [0.1, 0.15) is 66.2 Å². The Kier molecular flexibility index (Phi) is 31.9. The number of hydrogen-bond donors (Lipinski definition) is 19. The highest BCUT2D eigenvalue weighted by Crippen LogP contribution is 2.24. The summed E-state index contributed by atoms with van der Waals surface area (Å²) in [5.41, 5.74) is 20.8. The van der Waals surface area contributed by atoms with Crippen LogP contribution in [0.2, 0.25) is 0 Å². The number of amides is 10. The number of phenols is 1. The summed E-state index contributed by atoms with van der Waals surface area (Å²) in [6.45, 7) is 1.53. The standard InChI is InChI=1S/C67H90N14O16S2/c1-37(83)55-65(94)77-51(31-41-23-25-43(85)26-24-41)63(92)81-56(38(2)84)66(95)78-53(34-82)64(93)79-54(67(96)97)36-99-98-35-45(70)57(86)72-47(21-11-13-27-68)58(87)74-49(29-39-15-5-3-6-16-39)60(89)75-50(30-40-17-7-4-8-18-40)61(90)76-52(32-42-33-71-46-20-10-9-19-44(42)46)62(91)73-48(59(88)80-55)22-12-14-28-69/h3-10,15-20,23-26,33,37-38,45,47-56,71,82-85H,11-14,21-22,27-32,34-36,68-70H2,1-2H3,(H,72,86)(H,73,91)(H,74,87)(H,75,89)(H,76,90)(H,77,94)(H,78,95)(H,79,93)(H,80,88)(H,81,92)(H,96,97)/t37-,38-,45+,47+,48+,49+,50+,51+,52-,53+,54+,55-,56+/m1/s1. The lowest BCUT2D eigenvalue weighted by Gasteiger charge is -2.29. The van der Waals surface area contributed by atoms with Crippen LogP contribution in [0.25, 0.3) is 10.9 Å². The third-order valence-corrected chi connectivity index (χ3v) is 18.6. The van der Waals surface area contributed by atoms with Crippen molar-refractivity contribution in [3.63, 3.8) is 0 Å². The zero-order valence-electron chi connectivity index (χ0n) is 54.9. The van der Waals surface area contributed by atoms with Gasteiger partial charge in [-0.1, -0.05) is 113 Å². The van der Waals surface area contributed by atoms with Gasteiger partial charge in [0.2, 0.25) is 59.1 Å². The fourth-order valence-corrected chi connectivity index (χ4v) is 12.9. The summed E-state index contributed by atoms with van der Waals surface area (Å²) in [5, 5.41) is 78.9. The van der Waals surface area contributed by atoms with Gasteiger partial charge in [0.15, 0.2) is 0 Å². The number of H-pyrrole nitrogens is 1. The average Bonchev–Trinajstić information content (AvgIpc) is 1.82. The number of para-hydroxylation sites is 1. The zero-order chi connectivity index (χ0) is 72.1. The Bertz CT molecular complexity index is 3520. The van der Waals surface area contributed by atoms with E-state index in [0.29, 0.717) is 52.4 Å². The molecule has 30 nitrogen and oxygen atoms in total. The van der Waals surface area contributed by atoms with E-state index in [4.69, 9.17) is 17.2 Å². The van der Waals surface area contributed by atoms with Crippen molar-refractivity contribution >= 4 is 97.5 Å². The van der Waals surface area contributed by atoms with Crippen LogP contribution in [-0.2, 0) is 78.4 Å². The summed E-state index contributed by atoms with van der Waals surface area (Å²) >= 11 is 0. The van der Waals surface area contributed by atoms with E-state index in [1.54, 1.807) is 91.1 Å². The molecular formula is C67H90N14O16S2. The Morgan fingerprint density at radius 3 is 1.32 bits per heavy atom. The van der Waals surface area contributed by atoms with Gasteiger partial charge in [-0.2, -0.15) is 0 Å². The Hall–Kier alpha value is -9.15. The van der Waals surface area contributed by atoms with Crippen LogP contribution in [0.5, 0.6) is 5.75 Å². The Balaban J connectivity index is 1.43. The number of nitrogens with two attached hydrogens (primary N) is 3. The monoisotopic (exact) mass is 1410 g/mol. The quantitative estimate of drug-likeness (QED) is 0.0291. The number of aliphatic carboxylic acids is 1.